The van der Waals surface area contributed by atoms with Crippen LogP contribution in [0.3, 0.4) is 0 Å². The number of nitrogens with one attached hydrogen (secondary N) is 1. The van der Waals surface area contributed by atoms with Crippen molar-refractivity contribution in [3.8, 4) is 0 Å². The predicted molar refractivity (Wildman–Crippen MR) is 73.3 cm³/mol. The molecule has 2 aromatic rings. The van der Waals surface area contributed by atoms with Gasteiger partial charge in [0.1, 0.15) is 12.2 Å². The molecule has 0 aliphatic rings. The fourth-order valence-electron chi connectivity index (χ4n) is 1.91. The average molecular weight is 281 g/mol. The van der Waals surface area contributed by atoms with Gasteiger partial charge in [-0.3, -0.25) is 11.3 Å². The molecule has 2 aromatic heterocycles. The van der Waals surface area contributed by atoms with Crippen molar-refractivity contribution < 1.29 is 0 Å². The molecule has 1 unspecified atom stereocenters. The third kappa shape index (κ3) is 3.34. The predicted octanol–water partition coefficient (Wildman–Crippen LogP) is 0.841. The lowest BCUT2D eigenvalue weighted by Gasteiger charge is -2.15. The molecule has 0 saturated heterocycles. The molecule has 0 aliphatic heterocycles. The number of rotatable bonds is 6. The van der Waals surface area contributed by atoms with Crippen molar-refractivity contribution in [1.29, 1.82) is 0 Å². The normalized spacial score (nSPS) is 13.1. The number of hydrogen-bond acceptors (Lipinski definition) is 7. The highest BCUT2D eigenvalue weighted by molar-refractivity contribution is 7.05. The summed E-state index contributed by atoms with van der Waals surface area (Å²) in [5.74, 6) is 7.09. The monoisotopic (exact) mass is 281 g/mol. The molecule has 104 valence electrons. The van der Waals surface area contributed by atoms with Gasteiger partial charge in [0.15, 0.2) is 0 Å². The van der Waals surface area contributed by atoms with Gasteiger partial charge in [-0.15, -0.1) is 5.10 Å². The summed E-state index contributed by atoms with van der Waals surface area (Å²) in [5, 5.41) is 8.27. The van der Waals surface area contributed by atoms with Gasteiger partial charge in [0, 0.05) is 13.0 Å². The molecule has 3 N–H and O–H groups in total. The highest BCUT2D eigenvalue weighted by Gasteiger charge is 2.19. The molecule has 2 heterocycles. The van der Waals surface area contributed by atoms with Crippen molar-refractivity contribution >= 4 is 11.5 Å². The standard InChI is InChI=1S/C11H19N7S/c1-7(2)5-18-10(13-6-14-18)4-9(15-12)11-8(3)16-17-19-11/h6-7,9,15H,4-5,12H2,1-3H3. The lowest BCUT2D eigenvalue weighted by atomic mass is 10.1. The van der Waals surface area contributed by atoms with Crippen molar-refractivity contribution in [2.24, 2.45) is 11.8 Å². The van der Waals surface area contributed by atoms with Crippen LogP contribution in [0.1, 0.15) is 36.3 Å². The fraction of sp³-hybridized carbons (Fsp3) is 0.636. The van der Waals surface area contributed by atoms with Gasteiger partial charge in [0.2, 0.25) is 0 Å². The minimum Gasteiger partial charge on any atom is -0.271 e. The third-order valence-corrected chi connectivity index (χ3v) is 3.76. The van der Waals surface area contributed by atoms with E-state index in [0.717, 1.165) is 22.9 Å². The number of nitrogens with zero attached hydrogens (tertiary/aromatic N) is 5. The number of nitrogens with two attached hydrogens (primary N) is 1. The summed E-state index contributed by atoms with van der Waals surface area (Å²) < 4.78 is 5.87. The zero-order valence-electron chi connectivity index (χ0n) is 11.4. The topological polar surface area (TPSA) is 94.5 Å². The summed E-state index contributed by atoms with van der Waals surface area (Å²) in [6.45, 7) is 7.09. The molecule has 1 atom stereocenters. The van der Waals surface area contributed by atoms with Crippen LogP contribution < -0.4 is 11.3 Å². The molecule has 0 spiro atoms. The summed E-state index contributed by atoms with van der Waals surface area (Å²) >= 11 is 1.36. The minimum absolute atomic E-state index is 0.0323. The van der Waals surface area contributed by atoms with Gasteiger partial charge in [0.05, 0.1) is 16.6 Å². The Morgan fingerprint density at radius 1 is 1.47 bits per heavy atom. The Labute approximate surface area is 116 Å². The van der Waals surface area contributed by atoms with Crippen LogP contribution in [-0.2, 0) is 13.0 Å². The van der Waals surface area contributed by atoms with Crippen molar-refractivity contribution in [1.82, 2.24) is 29.8 Å². The molecule has 0 radical (unpaired) electrons. The van der Waals surface area contributed by atoms with E-state index in [1.165, 1.54) is 11.5 Å². The number of hydrogen-bond donors (Lipinski definition) is 2. The van der Waals surface area contributed by atoms with E-state index >= 15 is 0 Å². The van der Waals surface area contributed by atoms with Crippen LogP contribution in [0.5, 0.6) is 0 Å². The van der Waals surface area contributed by atoms with Crippen molar-refractivity contribution in [3.63, 3.8) is 0 Å². The maximum absolute atomic E-state index is 5.64. The molecular formula is C11H19N7S. The second-order valence-corrected chi connectivity index (χ2v) is 5.68. The molecule has 0 amide bonds. The second-order valence-electron chi connectivity index (χ2n) is 4.90. The Morgan fingerprint density at radius 2 is 2.26 bits per heavy atom. The van der Waals surface area contributed by atoms with Gasteiger partial charge in [-0.1, -0.05) is 18.3 Å². The average Bonchev–Trinajstić information content (AvgIpc) is 2.95. The van der Waals surface area contributed by atoms with Crippen LogP contribution in [-0.4, -0.2) is 24.4 Å². The Balaban J connectivity index is 2.15. The summed E-state index contributed by atoms with van der Waals surface area (Å²) in [6.07, 6.45) is 2.26. The Kier molecular flexibility index (Phi) is 4.56. The van der Waals surface area contributed by atoms with Gasteiger partial charge in [-0.2, -0.15) is 5.10 Å². The third-order valence-electron chi connectivity index (χ3n) is 2.82. The zero-order chi connectivity index (χ0) is 13.8. The smallest absolute Gasteiger partial charge is 0.138 e. The van der Waals surface area contributed by atoms with Crippen molar-refractivity contribution in [3.05, 3.63) is 22.7 Å². The molecule has 8 heteroatoms. The van der Waals surface area contributed by atoms with Crippen molar-refractivity contribution in [2.45, 2.75) is 39.8 Å². The van der Waals surface area contributed by atoms with Gasteiger partial charge >= 0.3 is 0 Å². The maximum atomic E-state index is 5.64. The molecule has 2 rings (SSSR count). The lowest BCUT2D eigenvalue weighted by molar-refractivity contribution is 0.447. The first-order valence-electron chi connectivity index (χ1n) is 6.23. The van der Waals surface area contributed by atoms with E-state index in [4.69, 9.17) is 5.84 Å². The SMILES string of the molecule is Cc1nnsc1C(Cc1ncnn1CC(C)C)NN. The highest BCUT2D eigenvalue weighted by atomic mass is 32.1. The number of hydrazine groups is 1. The van der Waals surface area contributed by atoms with E-state index in [2.05, 4.69) is 38.9 Å². The first-order chi connectivity index (χ1) is 9.11. The summed E-state index contributed by atoms with van der Waals surface area (Å²) in [7, 11) is 0. The van der Waals surface area contributed by atoms with Gasteiger partial charge in [-0.05, 0) is 24.4 Å². The molecule has 0 fully saturated rings. The minimum atomic E-state index is -0.0323. The van der Waals surface area contributed by atoms with Crippen LogP contribution in [0.15, 0.2) is 6.33 Å². The largest absolute Gasteiger partial charge is 0.271 e. The second kappa shape index (κ2) is 6.18. The number of aryl methyl sites for hydroxylation is 1. The van der Waals surface area contributed by atoms with Crippen LogP contribution in [0.4, 0.5) is 0 Å². The van der Waals surface area contributed by atoms with E-state index in [9.17, 15) is 0 Å². The fourth-order valence-corrected chi connectivity index (χ4v) is 2.61. The molecule has 0 bridgehead atoms. The zero-order valence-corrected chi connectivity index (χ0v) is 12.2. The summed E-state index contributed by atoms with van der Waals surface area (Å²) in [6, 6.07) is -0.0323. The van der Waals surface area contributed by atoms with Crippen LogP contribution in [0, 0.1) is 12.8 Å². The van der Waals surface area contributed by atoms with Gasteiger partial charge in [0.25, 0.3) is 0 Å². The molecule has 0 aromatic carbocycles. The maximum Gasteiger partial charge on any atom is 0.138 e. The number of aromatic nitrogens is 5. The van der Waals surface area contributed by atoms with Gasteiger partial charge in [-0.25, -0.2) is 9.67 Å². The Bertz CT molecular complexity index is 519. The van der Waals surface area contributed by atoms with Gasteiger partial charge < -0.3 is 0 Å². The summed E-state index contributed by atoms with van der Waals surface area (Å²) in [4.78, 5) is 5.36. The first kappa shape index (κ1) is 14.0. The molecule has 0 aliphatic carbocycles. The summed E-state index contributed by atoms with van der Waals surface area (Å²) in [5.41, 5.74) is 3.72. The Morgan fingerprint density at radius 3 is 2.84 bits per heavy atom. The lowest BCUT2D eigenvalue weighted by Crippen LogP contribution is -2.30. The molecule has 19 heavy (non-hydrogen) atoms. The quantitative estimate of drug-likeness (QED) is 0.602. The molecule has 0 saturated carbocycles. The molecule has 7 nitrogen and oxygen atoms in total. The van der Waals surface area contributed by atoms with E-state index in [1.54, 1.807) is 6.33 Å². The van der Waals surface area contributed by atoms with Crippen LogP contribution in [0.25, 0.3) is 0 Å². The Hall–Kier alpha value is -1.38. The van der Waals surface area contributed by atoms with Crippen LogP contribution >= 0.6 is 11.5 Å². The molecular weight excluding hydrogens is 262 g/mol. The van der Waals surface area contributed by atoms with E-state index in [-0.39, 0.29) is 6.04 Å². The highest BCUT2D eigenvalue weighted by Crippen LogP contribution is 2.22. The first-order valence-corrected chi connectivity index (χ1v) is 7.00. The van der Waals surface area contributed by atoms with Crippen LogP contribution in [0.2, 0.25) is 0 Å². The van der Waals surface area contributed by atoms with Crippen molar-refractivity contribution in [2.75, 3.05) is 0 Å². The van der Waals surface area contributed by atoms with E-state index < -0.39 is 0 Å². The van der Waals surface area contributed by atoms with E-state index in [1.807, 2.05) is 11.6 Å². The van der Waals surface area contributed by atoms with E-state index in [0.29, 0.717) is 12.3 Å².